The van der Waals surface area contributed by atoms with Crippen LogP contribution in [0.15, 0.2) is 17.1 Å². The Morgan fingerprint density at radius 3 is 2.67 bits per heavy atom. The van der Waals surface area contributed by atoms with Gasteiger partial charge in [-0.05, 0) is 31.7 Å². The zero-order valence-electron chi connectivity index (χ0n) is 16.0. The number of aromatic carboxylic acids is 1. The molecule has 7 heteroatoms. The predicted octanol–water partition coefficient (Wildman–Crippen LogP) is 2.59. The van der Waals surface area contributed by atoms with Crippen molar-refractivity contribution in [2.75, 3.05) is 18.0 Å². The van der Waals surface area contributed by atoms with E-state index >= 15 is 4.39 Å². The number of nitrogens with two attached hydrogens (primary N) is 1. The van der Waals surface area contributed by atoms with E-state index < -0.39 is 17.2 Å². The number of carboxylic acid groups (broad SMARTS) is 1. The van der Waals surface area contributed by atoms with Gasteiger partial charge in [0.15, 0.2) is 0 Å². The maximum atomic E-state index is 15.2. The fourth-order valence-corrected chi connectivity index (χ4v) is 4.05. The zero-order valence-corrected chi connectivity index (χ0v) is 16.0. The van der Waals surface area contributed by atoms with Crippen LogP contribution in [0.1, 0.15) is 43.1 Å². The van der Waals surface area contributed by atoms with Crippen LogP contribution < -0.4 is 16.1 Å². The van der Waals surface area contributed by atoms with Gasteiger partial charge in [0.2, 0.25) is 5.43 Å². The number of nitrogens with zero attached hydrogens (tertiary/aromatic N) is 2. The molecule has 0 saturated carbocycles. The topological polar surface area (TPSA) is 88.6 Å². The Kier molecular flexibility index (Phi) is 5.24. The summed E-state index contributed by atoms with van der Waals surface area (Å²) in [5.74, 6) is -1.55. The Balaban J connectivity index is 2.31. The van der Waals surface area contributed by atoms with E-state index in [2.05, 4.69) is 6.92 Å². The van der Waals surface area contributed by atoms with Crippen molar-refractivity contribution >= 4 is 22.6 Å². The largest absolute Gasteiger partial charge is 0.477 e. The van der Waals surface area contributed by atoms with Crippen LogP contribution in [0.3, 0.4) is 0 Å². The first-order valence-corrected chi connectivity index (χ1v) is 9.42. The number of hydrogen-bond donors (Lipinski definition) is 2. The Labute approximate surface area is 157 Å². The number of rotatable bonds is 4. The Hall–Kier alpha value is -2.41. The minimum Gasteiger partial charge on any atom is -0.477 e. The van der Waals surface area contributed by atoms with E-state index in [-0.39, 0.29) is 22.9 Å². The quantitative estimate of drug-likeness (QED) is 0.858. The summed E-state index contributed by atoms with van der Waals surface area (Å²) < 4.78 is 16.9. The van der Waals surface area contributed by atoms with Crippen LogP contribution in [0.5, 0.6) is 0 Å². The van der Waals surface area contributed by atoms with Crippen LogP contribution in [-0.2, 0) is 13.0 Å². The van der Waals surface area contributed by atoms with Gasteiger partial charge in [0, 0.05) is 42.8 Å². The lowest BCUT2D eigenvalue weighted by atomic mass is 9.93. The molecule has 27 heavy (non-hydrogen) atoms. The van der Waals surface area contributed by atoms with Crippen molar-refractivity contribution in [1.82, 2.24) is 4.57 Å². The van der Waals surface area contributed by atoms with Crippen molar-refractivity contribution in [1.29, 1.82) is 0 Å². The molecular weight excluding hydrogens is 349 g/mol. The van der Waals surface area contributed by atoms with Gasteiger partial charge < -0.3 is 20.3 Å². The van der Waals surface area contributed by atoms with Crippen LogP contribution >= 0.6 is 0 Å². The molecule has 0 spiro atoms. The number of carbonyl (C=O) groups is 1. The summed E-state index contributed by atoms with van der Waals surface area (Å²) in [6.45, 7) is 7.65. The van der Waals surface area contributed by atoms with E-state index in [1.165, 1.54) is 12.3 Å². The third-order valence-electron chi connectivity index (χ3n) is 5.60. The molecule has 0 amide bonds. The standard InChI is InChI=1S/C20H26FN3O3/c1-4-12-17-13(19(25)14(20(26)27)10-23(17)5-2)8-15(21)18(12)24-7-6-16(22)11(3)9-24/h8,10-11,16H,4-7,9,22H2,1-3H3,(H,26,27)/t11-,16-/m1/s1. The molecule has 3 rings (SSSR count). The van der Waals surface area contributed by atoms with Crippen molar-refractivity contribution in [3.63, 3.8) is 0 Å². The SMILES string of the molecule is CCc1c(N2CC[C@@H](N)[C@H](C)C2)c(F)cc2c(=O)c(C(=O)O)cn(CC)c12. The first kappa shape index (κ1) is 19.4. The normalized spacial score (nSPS) is 20.3. The third kappa shape index (κ3) is 3.20. The summed E-state index contributed by atoms with van der Waals surface area (Å²) in [7, 11) is 0. The number of aryl methyl sites for hydroxylation is 2. The Morgan fingerprint density at radius 1 is 1.41 bits per heavy atom. The number of anilines is 1. The van der Waals surface area contributed by atoms with Gasteiger partial charge in [-0.2, -0.15) is 0 Å². The Morgan fingerprint density at radius 2 is 2.11 bits per heavy atom. The predicted molar refractivity (Wildman–Crippen MR) is 104 cm³/mol. The van der Waals surface area contributed by atoms with Gasteiger partial charge in [-0.15, -0.1) is 0 Å². The van der Waals surface area contributed by atoms with E-state index in [1.54, 1.807) is 4.57 Å². The van der Waals surface area contributed by atoms with Crippen molar-refractivity contribution < 1.29 is 14.3 Å². The minimum atomic E-state index is -1.30. The number of hydrogen-bond acceptors (Lipinski definition) is 4. The molecule has 1 aromatic carbocycles. The lowest BCUT2D eigenvalue weighted by Gasteiger charge is -2.38. The molecule has 1 aromatic heterocycles. The molecule has 3 N–H and O–H groups in total. The molecule has 2 heterocycles. The number of piperidine rings is 1. The Bertz CT molecular complexity index is 954. The fraction of sp³-hybridized carbons (Fsp3) is 0.500. The number of fused-ring (bicyclic) bond motifs is 1. The second-order valence-corrected chi connectivity index (χ2v) is 7.27. The van der Waals surface area contributed by atoms with E-state index in [0.29, 0.717) is 37.3 Å². The highest BCUT2D eigenvalue weighted by Crippen LogP contribution is 2.34. The van der Waals surface area contributed by atoms with Crippen molar-refractivity contribution in [2.24, 2.45) is 11.7 Å². The van der Waals surface area contributed by atoms with Crippen LogP contribution in [0.4, 0.5) is 10.1 Å². The van der Waals surface area contributed by atoms with Crippen molar-refractivity contribution in [2.45, 2.75) is 46.2 Å². The molecule has 0 unspecified atom stereocenters. The molecule has 1 fully saturated rings. The molecule has 0 radical (unpaired) electrons. The van der Waals surface area contributed by atoms with E-state index in [0.717, 1.165) is 12.0 Å². The molecule has 2 atom stereocenters. The van der Waals surface area contributed by atoms with E-state index in [9.17, 15) is 14.7 Å². The summed E-state index contributed by atoms with van der Waals surface area (Å²) in [5.41, 5.74) is 6.99. The molecule has 6 nitrogen and oxygen atoms in total. The second-order valence-electron chi connectivity index (χ2n) is 7.27. The van der Waals surface area contributed by atoms with Gasteiger partial charge in [0.25, 0.3) is 0 Å². The molecule has 146 valence electrons. The van der Waals surface area contributed by atoms with Crippen LogP contribution in [-0.4, -0.2) is 34.8 Å². The summed E-state index contributed by atoms with van der Waals surface area (Å²) in [4.78, 5) is 26.1. The molecule has 0 aliphatic carbocycles. The lowest BCUT2D eigenvalue weighted by molar-refractivity contribution is 0.0695. The summed E-state index contributed by atoms with van der Waals surface area (Å²) >= 11 is 0. The highest BCUT2D eigenvalue weighted by atomic mass is 19.1. The highest BCUT2D eigenvalue weighted by Gasteiger charge is 2.28. The number of carboxylic acids is 1. The van der Waals surface area contributed by atoms with Gasteiger partial charge in [-0.3, -0.25) is 4.79 Å². The summed E-state index contributed by atoms with van der Waals surface area (Å²) in [5, 5.41) is 9.45. The van der Waals surface area contributed by atoms with Crippen LogP contribution in [0.2, 0.25) is 0 Å². The van der Waals surface area contributed by atoms with Crippen LogP contribution in [0.25, 0.3) is 10.9 Å². The number of halogens is 1. The first-order valence-electron chi connectivity index (χ1n) is 9.42. The van der Waals surface area contributed by atoms with Crippen LogP contribution in [0, 0.1) is 11.7 Å². The zero-order chi connectivity index (χ0) is 19.9. The summed E-state index contributed by atoms with van der Waals surface area (Å²) in [6.07, 6.45) is 2.68. The summed E-state index contributed by atoms with van der Waals surface area (Å²) in [6, 6.07) is 1.30. The maximum absolute atomic E-state index is 15.2. The number of aromatic nitrogens is 1. The fourth-order valence-electron chi connectivity index (χ4n) is 4.05. The van der Waals surface area contributed by atoms with Gasteiger partial charge in [-0.25, -0.2) is 9.18 Å². The molecule has 1 aliphatic rings. The van der Waals surface area contributed by atoms with Gasteiger partial charge in [0.05, 0.1) is 11.2 Å². The van der Waals surface area contributed by atoms with E-state index in [1.807, 2.05) is 18.7 Å². The lowest BCUT2D eigenvalue weighted by Crippen LogP contribution is -2.46. The monoisotopic (exact) mass is 375 g/mol. The molecule has 1 aliphatic heterocycles. The van der Waals surface area contributed by atoms with Crippen molar-refractivity contribution in [3.05, 3.63) is 39.4 Å². The average Bonchev–Trinajstić information content (AvgIpc) is 2.63. The molecule has 2 aromatic rings. The maximum Gasteiger partial charge on any atom is 0.341 e. The van der Waals surface area contributed by atoms with E-state index in [4.69, 9.17) is 5.73 Å². The highest BCUT2D eigenvalue weighted by molar-refractivity contribution is 5.95. The third-order valence-corrected chi connectivity index (χ3v) is 5.60. The second kappa shape index (κ2) is 7.31. The molecule has 1 saturated heterocycles. The average molecular weight is 375 g/mol. The minimum absolute atomic E-state index is 0.0989. The van der Waals surface area contributed by atoms with Gasteiger partial charge in [0.1, 0.15) is 11.4 Å². The van der Waals surface area contributed by atoms with Gasteiger partial charge >= 0.3 is 5.97 Å². The number of pyridine rings is 1. The molecular formula is C20H26FN3O3. The van der Waals surface area contributed by atoms with Crippen molar-refractivity contribution in [3.8, 4) is 0 Å². The number of benzene rings is 1. The molecule has 0 bridgehead atoms. The first-order chi connectivity index (χ1) is 12.8. The smallest absolute Gasteiger partial charge is 0.341 e. The van der Waals surface area contributed by atoms with Gasteiger partial charge in [-0.1, -0.05) is 13.8 Å².